The van der Waals surface area contributed by atoms with Crippen LogP contribution in [-0.4, -0.2) is 18.1 Å². The van der Waals surface area contributed by atoms with Crippen molar-refractivity contribution in [1.29, 1.82) is 0 Å². The molecule has 0 atom stereocenters. The Morgan fingerprint density at radius 1 is 1.00 bits per heavy atom. The molecule has 0 spiro atoms. The highest BCUT2D eigenvalue weighted by molar-refractivity contribution is 5.27. The lowest BCUT2D eigenvalue weighted by atomic mass is 9.87. The van der Waals surface area contributed by atoms with E-state index < -0.39 is 0 Å². The molecule has 1 aliphatic rings. The van der Waals surface area contributed by atoms with E-state index in [-0.39, 0.29) is 5.41 Å². The van der Waals surface area contributed by atoms with Crippen LogP contribution >= 0.6 is 0 Å². The lowest BCUT2D eigenvalue weighted by Gasteiger charge is -2.27. The summed E-state index contributed by atoms with van der Waals surface area (Å²) in [5.74, 6) is 0. The molecule has 0 saturated carbocycles. The average molecular weight is 246 g/mol. The van der Waals surface area contributed by atoms with Crippen LogP contribution < -0.4 is 5.43 Å². The van der Waals surface area contributed by atoms with Crippen LogP contribution in [0.15, 0.2) is 24.3 Å². The van der Waals surface area contributed by atoms with Crippen LogP contribution in [0.25, 0.3) is 0 Å². The summed E-state index contributed by atoms with van der Waals surface area (Å²) in [6.07, 6.45) is 4.05. The van der Waals surface area contributed by atoms with E-state index in [1.165, 1.54) is 43.5 Å². The van der Waals surface area contributed by atoms with E-state index in [2.05, 4.69) is 55.5 Å². The second kappa shape index (κ2) is 5.85. The molecule has 0 aromatic heterocycles. The van der Waals surface area contributed by atoms with E-state index in [1.807, 2.05) is 0 Å². The van der Waals surface area contributed by atoms with Crippen molar-refractivity contribution >= 4 is 0 Å². The predicted octanol–water partition coefficient (Wildman–Crippen LogP) is 3.47. The summed E-state index contributed by atoms with van der Waals surface area (Å²) in [7, 11) is 0. The van der Waals surface area contributed by atoms with Gasteiger partial charge in [0, 0.05) is 19.6 Å². The summed E-state index contributed by atoms with van der Waals surface area (Å²) in [4.78, 5) is 0. The highest BCUT2D eigenvalue weighted by Gasteiger charge is 2.13. The van der Waals surface area contributed by atoms with Crippen molar-refractivity contribution in [2.75, 3.05) is 13.1 Å². The van der Waals surface area contributed by atoms with Gasteiger partial charge >= 0.3 is 0 Å². The molecule has 1 aliphatic heterocycles. The quantitative estimate of drug-likeness (QED) is 0.878. The van der Waals surface area contributed by atoms with E-state index >= 15 is 0 Å². The first-order valence-corrected chi connectivity index (χ1v) is 7.13. The van der Waals surface area contributed by atoms with Crippen molar-refractivity contribution < 1.29 is 0 Å². The molecule has 1 fully saturated rings. The molecule has 18 heavy (non-hydrogen) atoms. The SMILES string of the molecule is CC(C)(C)c1ccc(CNN2CCCCC2)cc1. The highest BCUT2D eigenvalue weighted by Crippen LogP contribution is 2.22. The van der Waals surface area contributed by atoms with Crippen molar-refractivity contribution in [1.82, 2.24) is 10.4 Å². The van der Waals surface area contributed by atoms with E-state index in [4.69, 9.17) is 0 Å². The fourth-order valence-corrected chi connectivity index (χ4v) is 2.38. The molecule has 100 valence electrons. The third kappa shape index (κ3) is 3.82. The number of nitrogens with one attached hydrogen (secondary N) is 1. The van der Waals surface area contributed by atoms with Gasteiger partial charge in [-0.05, 0) is 29.4 Å². The van der Waals surface area contributed by atoms with Crippen molar-refractivity contribution in [3.05, 3.63) is 35.4 Å². The Morgan fingerprint density at radius 3 is 2.17 bits per heavy atom. The summed E-state index contributed by atoms with van der Waals surface area (Å²) in [5.41, 5.74) is 6.55. The summed E-state index contributed by atoms with van der Waals surface area (Å²) in [5, 5.41) is 2.36. The molecule has 0 amide bonds. The van der Waals surface area contributed by atoms with Gasteiger partial charge in [-0.15, -0.1) is 0 Å². The Kier molecular flexibility index (Phi) is 4.41. The van der Waals surface area contributed by atoms with Crippen LogP contribution in [-0.2, 0) is 12.0 Å². The van der Waals surface area contributed by atoms with Crippen LogP contribution in [0.5, 0.6) is 0 Å². The van der Waals surface area contributed by atoms with E-state index in [9.17, 15) is 0 Å². The van der Waals surface area contributed by atoms with Gasteiger partial charge in [0.2, 0.25) is 0 Å². The average Bonchev–Trinajstić information content (AvgIpc) is 2.37. The number of hydrogen-bond donors (Lipinski definition) is 1. The molecule has 1 aromatic rings. The number of piperidine rings is 1. The standard InChI is InChI=1S/C16H26N2/c1-16(2,3)15-9-7-14(8-10-15)13-17-18-11-5-4-6-12-18/h7-10,17H,4-6,11-13H2,1-3H3. The zero-order chi connectivity index (χ0) is 13.0. The maximum Gasteiger partial charge on any atom is 0.0353 e. The first kappa shape index (κ1) is 13.6. The lowest BCUT2D eigenvalue weighted by molar-refractivity contribution is 0.151. The Morgan fingerprint density at radius 2 is 1.61 bits per heavy atom. The number of hydrogen-bond acceptors (Lipinski definition) is 2. The fraction of sp³-hybridized carbons (Fsp3) is 0.625. The number of hydrazine groups is 1. The van der Waals surface area contributed by atoms with Crippen LogP contribution in [0, 0.1) is 0 Å². The Balaban J connectivity index is 1.86. The number of benzene rings is 1. The van der Waals surface area contributed by atoms with Crippen LogP contribution in [0.4, 0.5) is 0 Å². The summed E-state index contributed by atoms with van der Waals surface area (Å²) >= 11 is 0. The maximum absolute atomic E-state index is 3.53. The zero-order valence-corrected chi connectivity index (χ0v) is 12.0. The van der Waals surface area contributed by atoms with Crippen molar-refractivity contribution in [2.45, 2.75) is 52.0 Å². The first-order chi connectivity index (χ1) is 8.55. The zero-order valence-electron chi connectivity index (χ0n) is 12.0. The molecule has 0 aliphatic carbocycles. The van der Waals surface area contributed by atoms with Crippen LogP contribution in [0.1, 0.15) is 51.2 Å². The highest BCUT2D eigenvalue weighted by atomic mass is 15.5. The van der Waals surface area contributed by atoms with Gasteiger partial charge in [-0.25, -0.2) is 5.01 Å². The van der Waals surface area contributed by atoms with Gasteiger partial charge in [-0.1, -0.05) is 51.5 Å². The van der Waals surface area contributed by atoms with Gasteiger partial charge in [0.15, 0.2) is 0 Å². The molecule has 0 bridgehead atoms. The van der Waals surface area contributed by atoms with Gasteiger partial charge in [-0.3, -0.25) is 5.43 Å². The smallest absolute Gasteiger partial charge is 0.0353 e. The summed E-state index contributed by atoms with van der Waals surface area (Å²) in [6, 6.07) is 9.01. The van der Waals surface area contributed by atoms with E-state index in [1.54, 1.807) is 0 Å². The molecular weight excluding hydrogens is 220 g/mol. The van der Waals surface area contributed by atoms with Crippen molar-refractivity contribution in [2.24, 2.45) is 0 Å². The van der Waals surface area contributed by atoms with E-state index in [0.29, 0.717) is 0 Å². The van der Waals surface area contributed by atoms with Crippen LogP contribution in [0.3, 0.4) is 0 Å². The molecule has 2 heteroatoms. The van der Waals surface area contributed by atoms with Gasteiger partial charge in [0.05, 0.1) is 0 Å². The summed E-state index contributed by atoms with van der Waals surface area (Å²) < 4.78 is 0. The predicted molar refractivity (Wildman–Crippen MR) is 77.4 cm³/mol. The van der Waals surface area contributed by atoms with Crippen LogP contribution in [0.2, 0.25) is 0 Å². The van der Waals surface area contributed by atoms with Crippen molar-refractivity contribution in [3.63, 3.8) is 0 Å². The minimum absolute atomic E-state index is 0.249. The monoisotopic (exact) mass is 246 g/mol. The maximum atomic E-state index is 3.53. The van der Waals surface area contributed by atoms with Gasteiger partial charge in [0.1, 0.15) is 0 Å². The fourth-order valence-electron chi connectivity index (χ4n) is 2.38. The van der Waals surface area contributed by atoms with Gasteiger partial charge in [-0.2, -0.15) is 0 Å². The van der Waals surface area contributed by atoms with E-state index in [0.717, 1.165) is 6.54 Å². The lowest BCUT2D eigenvalue weighted by Crippen LogP contribution is -2.41. The largest absolute Gasteiger partial charge is 0.251 e. The molecule has 1 N–H and O–H groups in total. The molecule has 0 radical (unpaired) electrons. The first-order valence-electron chi connectivity index (χ1n) is 7.13. The minimum atomic E-state index is 0.249. The minimum Gasteiger partial charge on any atom is -0.251 e. The second-order valence-electron chi connectivity index (χ2n) is 6.33. The van der Waals surface area contributed by atoms with Gasteiger partial charge < -0.3 is 0 Å². The third-order valence-electron chi connectivity index (χ3n) is 3.68. The van der Waals surface area contributed by atoms with Gasteiger partial charge in [0.25, 0.3) is 0 Å². The summed E-state index contributed by atoms with van der Waals surface area (Å²) in [6.45, 7) is 10.1. The topological polar surface area (TPSA) is 15.3 Å². The molecule has 2 rings (SSSR count). The molecule has 0 unspecified atom stereocenters. The third-order valence-corrected chi connectivity index (χ3v) is 3.68. The molecular formula is C16H26N2. The Hall–Kier alpha value is -0.860. The van der Waals surface area contributed by atoms with Crippen molar-refractivity contribution in [3.8, 4) is 0 Å². The normalized spacial score (nSPS) is 17.9. The molecule has 2 nitrogen and oxygen atoms in total. The second-order valence-corrected chi connectivity index (χ2v) is 6.33. The molecule has 1 saturated heterocycles. The molecule has 1 heterocycles. The molecule has 1 aromatic carbocycles. The number of nitrogens with zero attached hydrogens (tertiary/aromatic N) is 1. The Bertz CT molecular complexity index is 356. The number of rotatable bonds is 3. The Labute approximate surface area is 111 Å².